The van der Waals surface area contributed by atoms with Crippen molar-refractivity contribution >= 4 is 17.9 Å². The van der Waals surface area contributed by atoms with Crippen LogP contribution in [-0.4, -0.2) is 43.3 Å². The molecule has 7 nitrogen and oxygen atoms in total. The fourth-order valence-electron chi connectivity index (χ4n) is 11.3. The fraction of sp³-hybridized carbons (Fsp3) is 0.643. The third kappa shape index (κ3) is 6.94. The van der Waals surface area contributed by atoms with E-state index in [-0.39, 0.29) is 82.7 Å². The van der Waals surface area contributed by atoms with E-state index >= 15 is 0 Å². The third-order valence-corrected chi connectivity index (χ3v) is 13.6. The summed E-state index contributed by atoms with van der Waals surface area (Å²) in [6.07, 6.45) is 7.10. The van der Waals surface area contributed by atoms with Gasteiger partial charge in [-0.3, -0.25) is 14.4 Å². The quantitative estimate of drug-likeness (QED) is 0.185. The minimum atomic E-state index is -0.275. The molecule has 0 spiro atoms. The maximum Gasteiger partial charge on any atom is 0.305 e. The average Bonchev–Trinajstić information content (AvgIpc) is 3.45. The molecule has 0 aromatic heterocycles. The Bertz CT molecular complexity index is 1420. The van der Waals surface area contributed by atoms with Crippen molar-refractivity contribution in [3.05, 3.63) is 71.8 Å². The van der Waals surface area contributed by atoms with E-state index in [1.54, 1.807) is 0 Å². The van der Waals surface area contributed by atoms with Crippen LogP contribution < -0.4 is 0 Å². The van der Waals surface area contributed by atoms with E-state index in [4.69, 9.17) is 18.9 Å². The summed E-state index contributed by atoms with van der Waals surface area (Å²) in [5.41, 5.74) is 2.03. The van der Waals surface area contributed by atoms with E-state index < -0.39 is 0 Å². The minimum absolute atomic E-state index is 0.00445. The Balaban J connectivity index is 1.29. The van der Waals surface area contributed by atoms with Crippen molar-refractivity contribution in [2.24, 2.45) is 46.3 Å². The smallest absolute Gasteiger partial charge is 0.305 e. The summed E-state index contributed by atoms with van der Waals surface area (Å²) in [4.78, 5) is 37.5. The highest BCUT2D eigenvalue weighted by Gasteiger charge is 2.67. The molecular formula is C42H56O7. The largest absolute Gasteiger partial charge is 0.469 e. The summed E-state index contributed by atoms with van der Waals surface area (Å²) in [7, 11) is 1.44. The molecule has 0 unspecified atom stereocenters. The molecular weight excluding hydrogens is 616 g/mol. The van der Waals surface area contributed by atoms with Crippen LogP contribution in [0.4, 0.5) is 0 Å². The number of ether oxygens (including phenoxy) is 4. The highest BCUT2D eigenvalue weighted by Crippen LogP contribution is 2.69. The summed E-state index contributed by atoms with van der Waals surface area (Å²) >= 11 is 0. The van der Waals surface area contributed by atoms with Gasteiger partial charge < -0.3 is 18.9 Å². The first kappa shape index (κ1) is 35.6. The first-order chi connectivity index (χ1) is 23.4. The van der Waals surface area contributed by atoms with Crippen LogP contribution in [0.5, 0.6) is 0 Å². The summed E-state index contributed by atoms with van der Waals surface area (Å²) in [6.45, 7) is 10.1. The Morgan fingerprint density at radius 3 is 2.04 bits per heavy atom. The van der Waals surface area contributed by atoms with Crippen molar-refractivity contribution in [3.8, 4) is 0 Å². The number of hydrogen-bond donors (Lipinski definition) is 0. The zero-order valence-electron chi connectivity index (χ0n) is 30.3. The molecule has 2 aromatic rings. The molecule has 0 N–H and O–H groups in total. The molecule has 0 radical (unpaired) electrons. The monoisotopic (exact) mass is 672 g/mol. The predicted octanol–water partition coefficient (Wildman–Crippen LogP) is 8.49. The third-order valence-electron chi connectivity index (χ3n) is 13.6. The highest BCUT2D eigenvalue weighted by molar-refractivity contribution is 5.69. The molecule has 4 saturated carbocycles. The van der Waals surface area contributed by atoms with Crippen LogP contribution >= 0.6 is 0 Å². The summed E-state index contributed by atoms with van der Waals surface area (Å²) < 4.78 is 24.7. The van der Waals surface area contributed by atoms with Gasteiger partial charge in [0.2, 0.25) is 0 Å². The Hall–Kier alpha value is -3.19. The van der Waals surface area contributed by atoms with Gasteiger partial charge in [-0.05, 0) is 97.5 Å². The molecule has 0 amide bonds. The zero-order chi connectivity index (χ0) is 34.9. The first-order valence-electron chi connectivity index (χ1n) is 18.6. The first-order valence-corrected chi connectivity index (χ1v) is 18.6. The SMILES string of the molecule is COC(=O)CC[C@@H](C)[C@H]1CC[C@H]2[C@@H]3[C@H](OC(C)=O)C[C@@H]4C[C@H](OC(c5ccccc5)c5ccccc5)CC[C@]4(C)[C@H]3C[C@H](OC(C)=O)[C@]12C. The summed E-state index contributed by atoms with van der Waals surface area (Å²) in [6, 6.07) is 20.9. The topological polar surface area (TPSA) is 88.1 Å². The normalized spacial score (nSPS) is 35.7. The van der Waals surface area contributed by atoms with E-state index in [0.717, 1.165) is 62.5 Å². The lowest BCUT2D eigenvalue weighted by Gasteiger charge is -2.64. The van der Waals surface area contributed by atoms with Crippen LogP contribution in [0.3, 0.4) is 0 Å². The van der Waals surface area contributed by atoms with Crippen LogP contribution in [0.25, 0.3) is 0 Å². The van der Waals surface area contributed by atoms with Crippen LogP contribution in [0.2, 0.25) is 0 Å². The van der Waals surface area contributed by atoms with E-state index in [1.165, 1.54) is 21.0 Å². The molecule has 11 atom stereocenters. The second-order valence-electron chi connectivity index (χ2n) is 16.1. The Labute approximate surface area is 292 Å². The average molecular weight is 673 g/mol. The molecule has 6 rings (SSSR count). The second-order valence-corrected chi connectivity index (χ2v) is 16.1. The van der Waals surface area contributed by atoms with E-state index in [9.17, 15) is 14.4 Å². The lowest BCUT2D eigenvalue weighted by molar-refractivity contribution is -0.225. The molecule has 0 aliphatic heterocycles. The lowest BCUT2D eigenvalue weighted by Crippen LogP contribution is -2.63. The van der Waals surface area contributed by atoms with Gasteiger partial charge in [0.1, 0.15) is 18.3 Å². The van der Waals surface area contributed by atoms with Gasteiger partial charge in [-0.2, -0.15) is 0 Å². The van der Waals surface area contributed by atoms with Crippen LogP contribution in [0.15, 0.2) is 60.7 Å². The molecule has 7 heteroatoms. The number of carbonyl (C=O) groups excluding carboxylic acids is 3. The van der Waals surface area contributed by atoms with Crippen LogP contribution in [-0.2, 0) is 33.3 Å². The number of hydrogen-bond acceptors (Lipinski definition) is 7. The van der Waals surface area contributed by atoms with E-state index in [2.05, 4.69) is 69.3 Å². The van der Waals surface area contributed by atoms with Crippen molar-refractivity contribution in [3.63, 3.8) is 0 Å². The Morgan fingerprint density at radius 2 is 1.45 bits per heavy atom. The number of esters is 3. The van der Waals surface area contributed by atoms with Gasteiger partial charge in [-0.1, -0.05) is 81.4 Å². The molecule has 266 valence electrons. The number of carbonyl (C=O) groups is 3. The van der Waals surface area contributed by atoms with Gasteiger partial charge in [-0.15, -0.1) is 0 Å². The van der Waals surface area contributed by atoms with Gasteiger partial charge in [0, 0.05) is 31.6 Å². The zero-order valence-corrected chi connectivity index (χ0v) is 30.3. The number of rotatable bonds is 10. The minimum Gasteiger partial charge on any atom is -0.469 e. The maximum absolute atomic E-state index is 12.7. The number of methoxy groups -OCH3 is 1. The summed E-state index contributed by atoms with van der Waals surface area (Å²) in [5, 5.41) is 0. The molecule has 0 bridgehead atoms. The van der Waals surface area contributed by atoms with Gasteiger partial charge >= 0.3 is 17.9 Å². The number of benzene rings is 2. The van der Waals surface area contributed by atoms with Crippen molar-refractivity contribution in [1.29, 1.82) is 0 Å². The van der Waals surface area contributed by atoms with Gasteiger partial charge in [0.15, 0.2) is 0 Å². The van der Waals surface area contributed by atoms with Crippen molar-refractivity contribution in [2.75, 3.05) is 7.11 Å². The van der Waals surface area contributed by atoms with Gasteiger partial charge in [0.05, 0.1) is 13.2 Å². The standard InChI is InChI=1S/C42H56O7/c1-26(17-20-38(45)46-6)33-18-19-34-39-35(25-37(42(33,34)5)48-28(3)44)41(4)22-21-32(23-31(41)24-36(39)47-27(2)43)49-40(29-13-9-7-10-14-29)30-15-11-8-12-16-30/h7-16,26,31-37,39-40H,17-25H2,1-6H3/t26-,31+,32-,33-,34+,35+,36-,37+,39+,41+,42-/m1/s1. The molecule has 0 heterocycles. The summed E-state index contributed by atoms with van der Waals surface area (Å²) in [5.74, 6) is 0.891. The van der Waals surface area contributed by atoms with Crippen LogP contribution in [0.1, 0.15) is 110 Å². The fourth-order valence-corrected chi connectivity index (χ4v) is 11.3. The number of fused-ring (bicyclic) bond motifs is 5. The highest BCUT2D eigenvalue weighted by atomic mass is 16.6. The molecule has 0 saturated heterocycles. The maximum atomic E-state index is 12.7. The van der Waals surface area contributed by atoms with Gasteiger partial charge in [-0.25, -0.2) is 0 Å². The van der Waals surface area contributed by atoms with Crippen molar-refractivity contribution in [1.82, 2.24) is 0 Å². The van der Waals surface area contributed by atoms with Crippen LogP contribution in [0, 0.1) is 46.3 Å². The molecule has 2 aromatic carbocycles. The molecule has 4 aliphatic carbocycles. The lowest BCUT2D eigenvalue weighted by atomic mass is 9.43. The predicted molar refractivity (Wildman–Crippen MR) is 187 cm³/mol. The second kappa shape index (κ2) is 14.6. The van der Waals surface area contributed by atoms with E-state index in [1.807, 2.05) is 12.1 Å². The Morgan fingerprint density at radius 1 is 0.816 bits per heavy atom. The molecule has 4 fully saturated rings. The molecule has 4 aliphatic rings. The van der Waals surface area contributed by atoms with Crippen molar-refractivity contribution in [2.45, 2.75) is 117 Å². The van der Waals surface area contributed by atoms with E-state index in [0.29, 0.717) is 12.3 Å². The molecule has 49 heavy (non-hydrogen) atoms. The van der Waals surface area contributed by atoms with Gasteiger partial charge in [0.25, 0.3) is 0 Å². The van der Waals surface area contributed by atoms with Crippen molar-refractivity contribution < 1.29 is 33.3 Å². The Kier molecular flexibility index (Phi) is 10.6.